The Morgan fingerprint density at radius 1 is 1.16 bits per heavy atom. The number of sulfonamides is 1. The third kappa shape index (κ3) is 7.26. The Morgan fingerprint density at radius 3 is 2.56 bits per heavy atom. The molecule has 0 saturated carbocycles. The van der Waals surface area contributed by atoms with Crippen molar-refractivity contribution in [1.29, 1.82) is 0 Å². The molecule has 2 saturated heterocycles. The number of likely N-dealkylation sites (tertiary alicyclic amines) is 1. The number of amides is 2. The molecule has 5 rings (SSSR count). The molecular formula is C31H39N5O5S2. The Kier molecular flexibility index (Phi) is 9.50. The maximum atomic E-state index is 13.9. The topological polar surface area (TPSA) is 132 Å². The van der Waals surface area contributed by atoms with Crippen molar-refractivity contribution in [3.8, 4) is 0 Å². The van der Waals surface area contributed by atoms with Gasteiger partial charge in [-0.25, -0.2) is 13.4 Å². The number of carbonyl (C=O) groups excluding carboxylic acids is 2. The van der Waals surface area contributed by atoms with E-state index in [2.05, 4.69) is 15.6 Å². The minimum absolute atomic E-state index is 0.141. The van der Waals surface area contributed by atoms with E-state index in [4.69, 9.17) is 0 Å². The van der Waals surface area contributed by atoms with E-state index in [-0.39, 0.29) is 34.8 Å². The fourth-order valence-corrected chi connectivity index (χ4v) is 7.29. The van der Waals surface area contributed by atoms with Crippen molar-refractivity contribution < 1.29 is 23.1 Å². The van der Waals surface area contributed by atoms with Crippen molar-refractivity contribution >= 4 is 38.9 Å². The molecule has 2 amide bonds. The van der Waals surface area contributed by atoms with Crippen LogP contribution < -0.4 is 14.9 Å². The monoisotopic (exact) mass is 625 g/mol. The quantitative estimate of drug-likeness (QED) is 0.315. The lowest BCUT2D eigenvalue weighted by Gasteiger charge is -2.29. The van der Waals surface area contributed by atoms with E-state index in [1.54, 1.807) is 4.90 Å². The third-order valence-electron chi connectivity index (χ3n) is 8.26. The number of rotatable bonds is 10. The number of benzene rings is 2. The SMILES string of the molecule is Cc1csc(C2CCCN2C(=O)c2cc(C(=O)NC(Cc3ccccc3)C(O)C3CCCN3)cc(N(C)S(C)(=O)=O)c2)n1. The first-order valence-electron chi connectivity index (χ1n) is 14.6. The normalized spacial score (nSPS) is 20.1. The molecule has 0 radical (unpaired) electrons. The molecule has 2 fully saturated rings. The summed E-state index contributed by atoms with van der Waals surface area (Å²) in [5.41, 5.74) is 2.42. The van der Waals surface area contributed by atoms with Gasteiger partial charge in [0.2, 0.25) is 10.0 Å². The van der Waals surface area contributed by atoms with Gasteiger partial charge in [-0.1, -0.05) is 30.3 Å². The van der Waals surface area contributed by atoms with Gasteiger partial charge in [0.25, 0.3) is 11.8 Å². The van der Waals surface area contributed by atoms with Crippen molar-refractivity contribution in [2.45, 2.75) is 63.3 Å². The second-order valence-corrected chi connectivity index (χ2v) is 14.3. The van der Waals surface area contributed by atoms with Crippen LogP contribution in [0.5, 0.6) is 0 Å². The number of aliphatic hydroxyl groups is 1. The van der Waals surface area contributed by atoms with Gasteiger partial charge < -0.3 is 20.6 Å². The van der Waals surface area contributed by atoms with Crippen LogP contribution in [0.15, 0.2) is 53.9 Å². The van der Waals surface area contributed by atoms with E-state index in [1.807, 2.05) is 42.6 Å². The maximum Gasteiger partial charge on any atom is 0.254 e. The molecule has 0 spiro atoms. The minimum Gasteiger partial charge on any atom is -0.389 e. The molecule has 0 aliphatic carbocycles. The number of aromatic nitrogens is 1. The molecule has 3 N–H and O–H groups in total. The molecule has 230 valence electrons. The fraction of sp³-hybridized carbons (Fsp3) is 0.452. The van der Waals surface area contributed by atoms with Gasteiger partial charge in [0.15, 0.2) is 0 Å². The summed E-state index contributed by atoms with van der Waals surface area (Å²) in [6.07, 6.45) is 3.97. The Morgan fingerprint density at radius 2 is 1.91 bits per heavy atom. The number of aliphatic hydroxyl groups excluding tert-OH is 1. The number of carbonyl (C=O) groups is 2. The molecule has 10 nitrogen and oxygen atoms in total. The highest BCUT2D eigenvalue weighted by molar-refractivity contribution is 7.92. The Bertz CT molecular complexity index is 1560. The van der Waals surface area contributed by atoms with Gasteiger partial charge in [0.05, 0.1) is 30.1 Å². The van der Waals surface area contributed by atoms with Crippen LogP contribution in [0.1, 0.15) is 68.7 Å². The van der Waals surface area contributed by atoms with Crippen LogP contribution in [0.3, 0.4) is 0 Å². The zero-order valence-corrected chi connectivity index (χ0v) is 26.3. The van der Waals surface area contributed by atoms with E-state index in [9.17, 15) is 23.1 Å². The lowest BCUT2D eigenvalue weighted by atomic mass is 9.95. The Hall–Kier alpha value is -3.32. The molecule has 1 aromatic heterocycles. The van der Waals surface area contributed by atoms with Gasteiger partial charge in [-0.15, -0.1) is 11.3 Å². The first kappa shape index (κ1) is 31.1. The van der Waals surface area contributed by atoms with E-state index in [1.165, 1.54) is 36.6 Å². The standard InChI is InChI=1S/C31H39N5O5S2/c1-20-19-42-30(33-20)27-12-8-14-36(27)31(39)23-16-22(17-24(18-23)35(2)43(3,40)41)29(38)34-26(15-21-9-5-4-6-10-21)28(37)25-11-7-13-32-25/h4-6,9-10,16-19,25-28,32,37H,7-8,11-15H2,1-3H3,(H,34,38). The average Bonchev–Trinajstić information content (AvgIpc) is 3.78. The average molecular weight is 626 g/mol. The molecule has 4 unspecified atom stereocenters. The number of nitrogens with one attached hydrogen (secondary N) is 2. The number of aryl methyl sites for hydroxylation is 1. The number of hydrogen-bond donors (Lipinski definition) is 3. The van der Waals surface area contributed by atoms with Gasteiger partial charge in [-0.2, -0.15) is 0 Å². The summed E-state index contributed by atoms with van der Waals surface area (Å²) in [4.78, 5) is 34.1. The molecule has 2 aromatic carbocycles. The molecule has 4 atom stereocenters. The first-order chi connectivity index (χ1) is 20.5. The van der Waals surface area contributed by atoms with E-state index >= 15 is 0 Å². The summed E-state index contributed by atoms with van der Waals surface area (Å²) >= 11 is 1.52. The smallest absolute Gasteiger partial charge is 0.254 e. The van der Waals surface area contributed by atoms with Gasteiger partial charge in [-0.3, -0.25) is 13.9 Å². The van der Waals surface area contributed by atoms with Crippen LogP contribution in [0, 0.1) is 6.92 Å². The first-order valence-corrected chi connectivity index (χ1v) is 17.3. The molecule has 3 heterocycles. The number of hydrogen-bond acceptors (Lipinski definition) is 8. The molecule has 3 aromatic rings. The summed E-state index contributed by atoms with van der Waals surface area (Å²) in [6.45, 7) is 3.26. The Labute approximate surface area is 257 Å². The largest absolute Gasteiger partial charge is 0.389 e. The minimum atomic E-state index is -3.68. The van der Waals surface area contributed by atoms with Gasteiger partial charge in [0, 0.05) is 41.8 Å². The lowest BCUT2D eigenvalue weighted by Crippen LogP contribution is -2.52. The van der Waals surface area contributed by atoms with Crippen molar-refractivity contribution in [2.24, 2.45) is 0 Å². The zero-order valence-electron chi connectivity index (χ0n) is 24.7. The number of thiazole rings is 1. The summed E-state index contributed by atoms with van der Waals surface area (Å²) in [6, 6.07) is 13.2. The van der Waals surface area contributed by atoms with Gasteiger partial charge in [-0.05, 0) is 69.3 Å². The van der Waals surface area contributed by atoms with E-state index in [0.29, 0.717) is 13.0 Å². The molecule has 0 bridgehead atoms. The maximum absolute atomic E-state index is 13.9. The van der Waals surface area contributed by atoms with Gasteiger partial charge >= 0.3 is 0 Å². The zero-order chi connectivity index (χ0) is 30.7. The highest BCUT2D eigenvalue weighted by atomic mass is 32.2. The number of anilines is 1. The van der Waals surface area contributed by atoms with Crippen molar-refractivity contribution in [3.63, 3.8) is 0 Å². The van der Waals surface area contributed by atoms with Crippen LogP contribution >= 0.6 is 11.3 Å². The Balaban J connectivity index is 1.47. The molecule has 2 aliphatic heterocycles. The van der Waals surface area contributed by atoms with Gasteiger partial charge in [0.1, 0.15) is 5.01 Å². The highest BCUT2D eigenvalue weighted by Crippen LogP contribution is 2.35. The molecule has 43 heavy (non-hydrogen) atoms. The van der Waals surface area contributed by atoms with Crippen molar-refractivity contribution in [2.75, 3.05) is 30.7 Å². The second-order valence-electron chi connectivity index (χ2n) is 11.4. The van der Waals surface area contributed by atoms with Crippen LogP contribution in [-0.2, 0) is 16.4 Å². The summed E-state index contributed by atoms with van der Waals surface area (Å²) in [5.74, 6) is -0.784. The second kappa shape index (κ2) is 13.1. The fourth-order valence-electron chi connectivity index (χ4n) is 5.86. The summed E-state index contributed by atoms with van der Waals surface area (Å²) in [5, 5.41) is 20.5. The van der Waals surface area contributed by atoms with Crippen molar-refractivity contribution in [3.05, 3.63) is 81.3 Å². The van der Waals surface area contributed by atoms with Crippen molar-refractivity contribution in [1.82, 2.24) is 20.5 Å². The molecular weight excluding hydrogens is 587 g/mol. The lowest BCUT2D eigenvalue weighted by molar-refractivity contribution is 0.0733. The van der Waals surface area contributed by atoms with E-state index in [0.717, 1.165) is 59.1 Å². The van der Waals surface area contributed by atoms with E-state index < -0.39 is 28.1 Å². The summed E-state index contributed by atoms with van der Waals surface area (Å²) in [7, 11) is -2.28. The van der Waals surface area contributed by atoms with Crippen LogP contribution in [0.2, 0.25) is 0 Å². The third-order valence-corrected chi connectivity index (χ3v) is 10.5. The molecule has 12 heteroatoms. The van der Waals surface area contributed by atoms with Crippen LogP contribution in [0.25, 0.3) is 0 Å². The van der Waals surface area contributed by atoms with Crippen LogP contribution in [0.4, 0.5) is 5.69 Å². The molecule has 2 aliphatic rings. The highest BCUT2D eigenvalue weighted by Gasteiger charge is 2.34. The predicted octanol–water partition coefficient (Wildman–Crippen LogP) is 3.28. The number of nitrogens with zero attached hydrogens (tertiary/aromatic N) is 3. The van der Waals surface area contributed by atoms with Crippen LogP contribution in [-0.4, -0.2) is 79.8 Å². The predicted molar refractivity (Wildman–Crippen MR) is 168 cm³/mol. The summed E-state index contributed by atoms with van der Waals surface area (Å²) < 4.78 is 26.0.